The van der Waals surface area contributed by atoms with Crippen LogP contribution >= 0.6 is 0 Å². The number of amides is 1. The van der Waals surface area contributed by atoms with Crippen LogP contribution in [-0.2, 0) is 9.53 Å². The summed E-state index contributed by atoms with van der Waals surface area (Å²) >= 11 is 0. The highest BCUT2D eigenvalue weighted by molar-refractivity contribution is 5.82. The van der Waals surface area contributed by atoms with E-state index in [9.17, 15) is 9.18 Å². The molecule has 1 heterocycles. The fourth-order valence-electron chi connectivity index (χ4n) is 2.69. The van der Waals surface area contributed by atoms with E-state index >= 15 is 0 Å². The topological polar surface area (TPSA) is 55.6 Å². The van der Waals surface area contributed by atoms with Crippen molar-refractivity contribution in [3.8, 4) is 0 Å². The molecule has 1 aromatic carbocycles. The Kier molecular flexibility index (Phi) is 5.09. The van der Waals surface area contributed by atoms with Crippen molar-refractivity contribution < 1.29 is 13.9 Å². The van der Waals surface area contributed by atoms with Crippen LogP contribution in [-0.4, -0.2) is 37.1 Å². The van der Waals surface area contributed by atoms with Crippen molar-refractivity contribution >= 4 is 5.91 Å². The molecule has 2 N–H and O–H groups in total. The molecule has 0 saturated carbocycles. The summed E-state index contributed by atoms with van der Waals surface area (Å²) in [6.07, 6.45) is 2.92. The van der Waals surface area contributed by atoms with Gasteiger partial charge < -0.3 is 15.4 Å². The number of ether oxygens (including phenoxy) is 1. The molecular weight excluding hydrogens is 259 g/mol. The van der Waals surface area contributed by atoms with Crippen LogP contribution in [0, 0.1) is 5.82 Å². The molecule has 5 heteroatoms. The van der Waals surface area contributed by atoms with E-state index in [2.05, 4.69) is 0 Å². The summed E-state index contributed by atoms with van der Waals surface area (Å²) in [6.45, 7) is 0.907. The molecule has 1 amide bonds. The number of benzene rings is 1. The average molecular weight is 280 g/mol. The Hall–Kier alpha value is -1.46. The van der Waals surface area contributed by atoms with Crippen molar-refractivity contribution in [2.75, 3.05) is 20.3 Å². The molecule has 20 heavy (non-hydrogen) atoms. The normalized spacial score (nSPS) is 20.8. The molecule has 1 fully saturated rings. The molecule has 0 spiro atoms. The maximum Gasteiger partial charge on any atom is 0.242 e. The van der Waals surface area contributed by atoms with Crippen LogP contribution in [0.3, 0.4) is 0 Å². The van der Waals surface area contributed by atoms with Gasteiger partial charge in [-0.2, -0.15) is 0 Å². The standard InChI is InChI=1S/C15H21FN2O2/c1-20-10-13(17)15(19)18-9-3-2-4-14(18)11-5-7-12(16)8-6-11/h5-8,13-14H,2-4,9-10,17H2,1H3. The van der Waals surface area contributed by atoms with Gasteiger partial charge in [0.1, 0.15) is 11.9 Å². The maximum absolute atomic E-state index is 13.0. The molecule has 0 aromatic heterocycles. The summed E-state index contributed by atoms with van der Waals surface area (Å²) in [4.78, 5) is 14.2. The number of carbonyl (C=O) groups excluding carboxylic acids is 1. The summed E-state index contributed by atoms with van der Waals surface area (Å²) in [5, 5.41) is 0. The second-order valence-electron chi connectivity index (χ2n) is 5.16. The third-order valence-electron chi connectivity index (χ3n) is 3.70. The van der Waals surface area contributed by atoms with E-state index in [4.69, 9.17) is 10.5 Å². The lowest BCUT2D eigenvalue weighted by molar-refractivity contribution is -0.137. The Labute approximate surface area is 118 Å². The van der Waals surface area contributed by atoms with E-state index < -0.39 is 6.04 Å². The summed E-state index contributed by atoms with van der Waals surface area (Å²) in [5.41, 5.74) is 6.81. The number of nitrogens with two attached hydrogens (primary N) is 1. The second kappa shape index (κ2) is 6.81. The lowest BCUT2D eigenvalue weighted by atomic mass is 9.94. The lowest BCUT2D eigenvalue weighted by Crippen LogP contribution is -2.49. The predicted molar refractivity (Wildman–Crippen MR) is 74.6 cm³/mol. The van der Waals surface area contributed by atoms with Gasteiger partial charge in [-0.05, 0) is 37.0 Å². The first-order valence-electron chi connectivity index (χ1n) is 6.94. The zero-order chi connectivity index (χ0) is 14.5. The van der Waals surface area contributed by atoms with Crippen LogP contribution in [0.15, 0.2) is 24.3 Å². The minimum absolute atomic E-state index is 0.0141. The van der Waals surface area contributed by atoms with Crippen molar-refractivity contribution in [1.82, 2.24) is 4.90 Å². The lowest BCUT2D eigenvalue weighted by Gasteiger charge is -2.37. The number of piperidine rings is 1. The molecule has 1 aliphatic rings. The molecule has 2 atom stereocenters. The number of hydrogen-bond acceptors (Lipinski definition) is 3. The molecule has 1 saturated heterocycles. The van der Waals surface area contributed by atoms with Gasteiger partial charge in [-0.25, -0.2) is 4.39 Å². The third-order valence-corrected chi connectivity index (χ3v) is 3.70. The monoisotopic (exact) mass is 280 g/mol. The SMILES string of the molecule is COCC(N)C(=O)N1CCCCC1c1ccc(F)cc1. The van der Waals surface area contributed by atoms with Gasteiger partial charge in [0.15, 0.2) is 0 Å². The number of halogens is 1. The Morgan fingerprint density at radius 2 is 2.15 bits per heavy atom. The van der Waals surface area contributed by atoms with E-state index in [1.807, 2.05) is 0 Å². The number of nitrogens with zero attached hydrogens (tertiary/aromatic N) is 1. The van der Waals surface area contributed by atoms with E-state index in [0.29, 0.717) is 6.54 Å². The summed E-state index contributed by atoms with van der Waals surface area (Å²) in [5.74, 6) is -0.362. The van der Waals surface area contributed by atoms with Crippen molar-refractivity contribution in [3.63, 3.8) is 0 Å². The first kappa shape index (κ1) is 14.9. The zero-order valence-electron chi connectivity index (χ0n) is 11.7. The number of hydrogen-bond donors (Lipinski definition) is 1. The fraction of sp³-hybridized carbons (Fsp3) is 0.533. The Bertz CT molecular complexity index is 450. The maximum atomic E-state index is 13.0. The van der Waals surface area contributed by atoms with E-state index in [0.717, 1.165) is 24.8 Å². The Morgan fingerprint density at radius 1 is 1.45 bits per heavy atom. The van der Waals surface area contributed by atoms with E-state index in [1.165, 1.54) is 19.2 Å². The van der Waals surface area contributed by atoms with Crippen molar-refractivity contribution in [2.24, 2.45) is 5.73 Å². The Morgan fingerprint density at radius 3 is 2.80 bits per heavy atom. The first-order valence-corrected chi connectivity index (χ1v) is 6.94. The molecule has 0 radical (unpaired) electrons. The first-order chi connectivity index (χ1) is 9.63. The van der Waals surface area contributed by atoms with Gasteiger partial charge in [0.05, 0.1) is 12.6 Å². The number of carbonyl (C=O) groups is 1. The summed E-state index contributed by atoms with van der Waals surface area (Å²) in [6, 6.07) is 5.70. The smallest absolute Gasteiger partial charge is 0.242 e. The van der Waals surface area contributed by atoms with Crippen molar-refractivity contribution in [3.05, 3.63) is 35.6 Å². The quantitative estimate of drug-likeness (QED) is 0.915. The zero-order valence-corrected chi connectivity index (χ0v) is 11.7. The molecule has 110 valence electrons. The highest BCUT2D eigenvalue weighted by Gasteiger charge is 2.30. The van der Waals surface area contributed by atoms with Crippen molar-refractivity contribution in [2.45, 2.75) is 31.3 Å². The number of rotatable bonds is 4. The van der Waals surface area contributed by atoms with Crippen LogP contribution in [0.2, 0.25) is 0 Å². The van der Waals surface area contributed by atoms with Gasteiger partial charge in [-0.15, -0.1) is 0 Å². The van der Waals surface area contributed by atoms with Gasteiger partial charge in [-0.1, -0.05) is 12.1 Å². The van der Waals surface area contributed by atoms with Gasteiger partial charge in [-0.3, -0.25) is 4.79 Å². The van der Waals surface area contributed by atoms with E-state index in [1.54, 1.807) is 17.0 Å². The second-order valence-corrected chi connectivity index (χ2v) is 5.16. The molecule has 0 bridgehead atoms. The van der Waals surface area contributed by atoms with Crippen LogP contribution in [0.1, 0.15) is 30.9 Å². The molecule has 2 rings (SSSR count). The minimum atomic E-state index is -0.638. The molecule has 4 nitrogen and oxygen atoms in total. The summed E-state index contributed by atoms with van der Waals surface area (Å²) < 4.78 is 18.0. The van der Waals surface area contributed by atoms with Crippen LogP contribution in [0.4, 0.5) is 4.39 Å². The largest absolute Gasteiger partial charge is 0.383 e. The number of methoxy groups -OCH3 is 1. The van der Waals surface area contributed by atoms with Gasteiger partial charge in [0.2, 0.25) is 5.91 Å². The molecule has 1 aromatic rings. The van der Waals surface area contributed by atoms with Gasteiger partial charge >= 0.3 is 0 Å². The summed E-state index contributed by atoms with van der Waals surface area (Å²) in [7, 11) is 1.53. The van der Waals surface area contributed by atoms with Crippen LogP contribution < -0.4 is 5.73 Å². The minimum Gasteiger partial charge on any atom is -0.383 e. The molecule has 1 aliphatic heterocycles. The fourth-order valence-corrected chi connectivity index (χ4v) is 2.69. The highest BCUT2D eigenvalue weighted by Crippen LogP contribution is 2.31. The van der Waals surface area contributed by atoms with Crippen LogP contribution in [0.25, 0.3) is 0 Å². The van der Waals surface area contributed by atoms with Crippen molar-refractivity contribution in [1.29, 1.82) is 0 Å². The van der Waals surface area contributed by atoms with Crippen LogP contribution in [0.5, 0.6) is 0 Å². The molecule has 2 unspecified atom stereocenters. The molecular formula is C15H21FN2O2. The number of likely N-dealkylation sites (tertiary alicyclic amines) is 1. The molecule has 0 aliphatic carbocycles. The van der Waals surface area contributed by atoms with Gasteiger partial charge in [0.25, 0.3) is 0 Å². The van der Waals surface area contributed by atoms with Gasteiger partial charge in [0, 0.05) is 13.7 Å². The van der Waals surface area contributed by atoms with E-state index in [-0.39, 0.29) is 24.4 Å². The average Bonchev–Trinajstić information content (AvgIpc) is 2.47. The predicted octanol–water partition coefficient (Wildman–Crippen LogP) is 1.85. The third kappa shape index (κ3) is 3.35. The highest BCUT2D eigenvalue weighted by atomic mass is 19.1. The Balaban J connectivity index is 2.16.